The summed E-state index contributed by atoms with van der Waals surface area (Å²) in [5, 5.41) is 2.12. The highest BCUT2D eigenvalue weighted by atomic mass is 32.2. The fraction of sp³-hybridized carbons (Fsp3) is 0. The molecule has 0 aliphatic heterocycles. The lowest BCUT2D eigenvalue weighted by molar-refractivity contribution is 0.664. The minimum atomic E-state index is 0.764. The highest BCUT2D eigenvalue weighted by Gasteiger charge is 2.02. The van der Waals surface area contributed by atoms with Crippen molar-refractivity contribution in [3.8, 4) is 0 Å². The molecule has 0 radical (unpaired) electrons. The molecule has 2 rings (SSSR count). The molecule has 66 valence electrons. The van der Waals surface area contributed by atoms with E-state index in [1.54, 1.807) is 0 Å². The smallest absolute Gasteiger partial charge is 0.0440 e. The Hall–Kier alpha value is -0.640. The molecule has 13 heavy (non-hydrogen) atoms. The van der Waals surface area contributed by atoms with Gasteiger partial charge in [-0.1, -0.05) is 24.3 Å². The molecule has 0 aliphatic carbocycles. The molecule has 0 spiro atoms. The maximum Gasteiger partial charge on any atom is 0.0440 e. The van der Waals surface area contributed by atoms with Gasteiger partial charge in [-0.3, -0.25) is 0 Å². The molecule has 0 amide bonds. The SMILES string of the molecule is OSc1cccc2cccc(S)c12. The van der Waals surface area contributed by atoms with Crippen molar-refractivity contribution in [1.29, 1.82) is 0 Å². The first-order chi connectivity index (χ1) is 6.33. The van der Waals surface area contributed by atoms with E-state index < -0.39 is 0 Å². The minimum absolute atomic E-state index is 0.764. The first-order valence-electron chi connectivity index (χ1n) is 3.85. The number of fused-ring (bicyclic) bond motifs is 1. The van der Waals surface area contributed by atoms with Crippen molar-refractivity contribution in [2.24, 2.45) is 0 Å². The monoisotopic (exact) mass is 208 g/mol. The third-order valence-electron chi connectivity index (χ3n) is 1.94. The summed E-state index contributed by atoms with van der Waals surface area (Å²) in [6, 6.07) is 11.7. The second-order valence-corrected chi connectivity index (χ2v) is 3.83. The maximum atomic E-state index is 9.04. The summed E-state index contributed by atoms with van der Waals surface area (Å²) in [7, 11) is 0. The summed E-state index contributed by atoms with van der Waals surface area (Å²) in [5.74, 6) is 0. The van der Waals surface area contributed by atoms with Crippen LogP contribution in [0.3, 0.4) is 0 Å². The van der Waals surface area contributed by atoms with Crippen LogP contribution in [0.2, 0.25) is 0 Å². The molecule has 0 heterocycles. The lowest BCUT2D eigenvalue weighted by atomic mass is 10.1. The largest absolute Gasteiger partial charge is 0.325 e. The highest BCUT2D eigenvalue weighted by molar-refractivity contribution is 7.94. The van der Waals surface area contributed by atoms with E-state index in [1.165, 1.54) is 0 Å². The molecule has 0 unspecified atom stereocenters. The second-order valence-electron chi connectivity index (χ2n) is 2.72. The Morgan fingerprint density at radius 1 is 1.08 bits per heavy atom. The zero-order valence-corrected chi connectivity index (χ0v) is 8.48. The van der Waals surface area contributed by atoms with Crippen LogP contribution in [-0.4, -0.2) is 4.55 Å². The summed E-state index contributed by atoms with van der Waals surface area (Å²) < 4.78 is 9.04. The van der Waals surface area contributed by atoms with E-state index in [0.29, 0.717) is 0 Å². The molecule has 0 aromatic heterocycles. The van der Waals surface area contributed by atoms with Gasteiger partial charge in [0.15, 0.2) is 0 Å². The number of benzene rings is 2. The van der Waals surface area contributed by atoms with Crippen LogP contribution >= 0.6 is 24.7 Å². The average molecular weight is 208 g/mol. The minimum Gasteiger partial charge on any atom is -0.325 e. The number of thiol groups is 1. The summed E-state index contributed by atoms with van der Waals surface area (Å²) in [6.45, 7) is 0. The number of hydrogen-bond donors (Lipinski definition) is 2. The Morgan fingerprint density at radius 2 is 1.77 bits per heavy atom. The van der Waals surface area contributed by atoms with E-state index >= 15 is 0 Å². The van der Waals surface area contributed by atoms with Crippen LogP contribution in [0, 0.1) is 0 Å². The van der Waals surface area contributed by atoms with Crippen molar-refractivity contribution < 1.29 is 4.55 Å². The van der Waals surface area contributed by atoms with E-state index in [4.69, 9.17) is 4.55 Å². The van der Waals surface area contributed by atoms with Crippen LogP contribution in [0.15, 0.2) is 46.2 Å². The van der Waals surface area contributed by atoms with Gasteiger partial charge in [-0.05, 0) is 17.5 Å². The van der Waals surface area contributed by atoms with Gasteiger partial charge in [-0.2, -0.15) is 0 Å². The fourth-order valence-corrected chi connectivity index (χ4v) is 2.23. The standard InChI is InChI=1S/C10H8OS2/c11-13-9-6-2-4-7-3-1-5-8(12)10(7)9/h1-6,11-12H. The van der Waals surface area contributed by atoms with Gasteiger partial charge in [-0.15, -0.1) is 12.6 Å². The lowest BCUT2D eigenvalue weighted by Gasteiger charge is -2.04. The molecule has 0 fully saturated rings. The van der Waals surface area contributed by atoms with Crippen molar-refractivity contribution in [3.05, 3.63) is 36.4 Å². The van der Waals surface area contributed by atoms with Crippen LogP contribution < -0.4 is 0 Å². The Labute approximate surface area is 86.4 Å². The predicted octanol–water partition coefficient (Wildman–Crippen LogP) is 3.69. The van der Waals surface area contributed by atoms with E-state index in [-0.39, 0.29) is 0 Å². The van der Waals surface area contributed by atoms with Crippen molar-refractivity contribution in [2.75, 3.05) is 0 Å². The summed E-state index contributed by atoms with van der Waals surface area (Å²) in [5.41, 5.74) is 0. The quantitative estimate of drug-likeness (QED) is 0.550. The summed E-state index contributed by atoms with van der Waals surface area (Å²) >= 11 is 5.11. The lowest BCUT2D eigenvalue weighted by Crippen LogP contribution is -1.78. The van der Waals surface area contributed by atoms with E-state index in [1.807, 2.05) is 36.4 Å². The summed E-state index contributed by atoms with van der Waals surface area (Å²) in [4.78, 5) is 1.75. The van der Waals surface area contributed by atoms with Crippen molar-refractivity contribution in [3.63, 3.8) is 0 Å². The molecule has 0 bridgehead atoms. The topological polar surface area (TPSA) is 20.2 Å². The van der Waals surface area contributed by atoms with E-state index in [0.717, 1.165) is 32.6 Å². The summed E-state index contributed by atoms with van der Waals surface area (Å²) in [6.07, 6.45) is 0. The Kier molecular flexibility index (Phi) is 2.49. The van der Waals surface area contributed by atoms with Gasteiger partial charge in [0.1, 0.15) is 0 Å². The number of rotatable bonds is 1. The van der Waals surface area contributed by atoms with Gasteiger partial charge in [0.05, 0.1) is 0 Å². The van der Waals surface area contributed by atoms with Gasteiger partial charge in [0, 0.05) is 27.2 Å². The number of hydrogen-bond acceptors (Lipinski definition) is 3. The third-order valence-corrected chi connectivity index (χ3v) is 2.85. The van der Waals surface area contributed by atoms with Crippen molar-refractivity contribution >= 4 is 35.4 Å². The molecule has 0 atom stereocenters. The fourth-order valence-electron chi connectivity index (χ4n) is 1.36. The molecule has 2 aromatic rings. The zero-order chi connectivity index (χ0) is 9.26. The van der Waals surface area contributed by atoms with Crippen LogP contribution in [0.1, 0.15) is 0 Å². The Balaban J connectivity index is 2.87. The molecular weight excluding hydrogens is 200 g/mol. The molecule has 1 N–H and O–H groups in total. The van der Waals surface area contributed by atoms with Crippen molar-refractivity contribution in [1.82, 2.24) is 0 Å². The Bertz CT molecular complexity index is 435. The molecule has 1 nitrogen and oxygen atoms in total. The van der Waals surface area contributed by atoms with Crippen LogP contribution in [0.4, 0.5) is 0 Å². The van der Waals surface area contributed by atoms with Crippen LogP contribution in [-0.2, 0) is 0 Å². The second kappa shape index (κ2) is 3.62. The highest BCUT2D eigenvalue weighted by Crippen LogP contribution is 2.30. The van der Waals surface area contributed by atoms with E-state index in [9.17, 15) is 0 Å². The van der Waals surface area contributed by atoms with Crippen molar-refractivity contribution in [2.45, 2.75) is 9.79 Å². The van der Waals surface area contributed by atoms with Gasteiger partial charge in [0.2, 0.25) is 0 Å². The molecular formula is C10H8OS2. The average Bonchev–Trinajstić information content (AvgIpc) is 2.17. The normalized spacial score (nSPS) is 10.6. The van der Waals surface area contributed by atoms with Crippen LogP contribution in [0.5, 0.6) is 0 Å². The zero-order valence-electron chi connectivity index (χ0n) is 6.77. The molecule has 3 heteroatoms. The molecule has 0 saturated carbocycles. The van der Waals surface area contributed by atoms with E-state index in [2.05, 4.69) is 12.6 Å². The molecule has 2 aromatic carbocycles. The van der Waals surface area contributed by atoms with Gasteiger partial charge >= 0.3 is 0 Å². The molecule has 0 saturated heterocycles. The predicted molar refractivity (Wildman–Crippen MR) is 59.7 cm³/mol. The first-order valence-corrected chi connectivity index (χ1v) is 5.07. The van der Waals surface area contributed by atoms with Crippen LogP contribution in [0.25, 0.3) is 10.8 Å². The van der Waals surface area contributed by atoms with Gasteiger partial charge in [-0.25, -0.2) is 0 Å². The third kappa shape index (κ3) is 1.55. The first kappa shape index (κ1) is 8.94. The van der Waals surface area contributed by atoms with Gasteiger partial charge in [0.25, 0.3) is 0 Å². The molecule has 0 aliphatic rings. The maximum absolute atomic E-state index is 9.04. The van der Waals surface area contributed by atoms with Gasteiger partial charge < -0.3 is 4.55 Å². The Morgan fingerprint density at radius 3 is 2.46 bits per heavy atom.